The van der Waals surface area contributed by atoms with Crippen LogP contribution in [0.4, 0.5) is 0 Å². The fourth-order valence-electron chi connectivity index (χ4n) is 2.10. The maximum atomic E-state index is 5.18. The zero-order valence-corrected chi connectivity index (χ0v) is 18.0. The second kappa shape index (κ2) is 12.0. The minimum Gasteiger partial charge on any atom is -0.497 e. The summed E-state index contributed by atoms with van der Waals surface area (Å²) in [6, 6.07) is 9.79. The van der Waals surface area contributed by atoms with Gasteiger partial charge in [-0.15, -0.1) is 24.0 Å². The SMILES string of the molecule is CCNC(=NCc1ccn(-c2ccc(OC)cc2)n1)NCCSC.I. The van der Waals surface area contributed by atoms with Crippen molar-refractivity contribution in [2.75, 3.05) is 32.2 Å². The molecule has 2 N–H and O–H groups in total. The Labute approximate surface area is 170 Å². The van der Waals surface area contributed by atoms with E-state index in [9.17, 15) is 0 Å². The summed E-state index contributed by atoms with van der Waals surface area (Å²) in [5, 5.41) is 11.1. The van der Waals surface area contributed by atoms with Gasteiger partial charge in [-0.05, 0) is 43.5 Å². The van der Waals surface area contributed by atoms with E-state index >= 15 is 0 Å². The Balaban J connectivity index is 0.00000312. The lowest BCUT2D eigenvalue weighted by Gasteiger charge is -2.10. The molecule has 0 atom stereocenters. The van der Waals surface area contributed by atoms with Gasteiger partial charge in [0.2, 0.25) is 0 Å². The summed E-state index contributed by atoms with van der Waals surface area (Å²) < 4.78 is 7.02. The molecule has 1 aromatic heterocycles. The summed E-state index contributed by atoms with van der Waals surface area (Å²) in [5.41, 5.74) is 1.92. The van der Waals surface area contributed by atoms with E-state index in [0.717, 1.165) is 41.9 Å². The fraction of sp³-hybridized carbons (Fsp3) is 0.412. The molecule has 0 aliphatic heterocycles. The molecule has 138 valence electrons. The van der Waals surface area contributed by atoms with Crippen molar-refractivity contribution in [3.63, 3.8) is 0 Å². The van der Waals surface area contributed by atoms with Gasteiger partial charge in [-0.3, -0.25) is 0 Å². The third-order valence-corrected chi connectivity index (χ3v) is 3.94. The number of thioether (sulfide) groups is 1. The highest BCUT2D eigenvalue weighted by molar-refractivity contribution is 14.0. The minimum absolute atomic E-state index is 0. The number of halogens is 1. The first kappa shape index (κ1) is 21.6. The molecule has 2 rings (SSSR count). The second-order valence-corrected chi connectivity index (χ2v) is 6.05. The van der Waals surface area contributed by atoms with Crippen molar-refractivity contribution < 1.29 is 4.74 Å². The topological polar surface area (TPSA) is 63.5 Å². The molecule has 1 aromatic carbocycles. The summed E-state index contributed by atoms with van der Waals surface area (Å²) in [5.74, 6) is 2.71. The quantitative estimate of drug-likeness (QED) is 0.266. The van der Waals surface area contributed by atoms with E-state index in [2.05, 4.69) is 33.9 Å². The molecule has 0 bridgehead atoms. The Bertz CT molecular complexity index is 645. The summed E-state index contributed by atoms with van der Waals surface area (Å²) in [6.45, 7) is 4.33. The van der Waals surface area contributed by atoms with Gasteiger partial charge in [0.05, 0.1) is 25.0 Å². The molecule has 6 nitrogen and oxygen atoms in total. The maximum absolute atomic E-state index is 5.18. The van der Waals surface area contributed by atoms with E-state index < -0.39 is 0 Å². The number of nitrogens with zero attached hydrogens (tertiary/aromatic N) is 3. The molecule has 1 heterocycles. The molecule has 0 amide bonds. The lowest BCUT2D eigenvalue weighted by molar-refractivity contribution is 0.414. The smallest absolute Gasteiger partial charge is 0.191 e. The normalized spacial score (nSPS) is 10.9. The number of hydrogen-bond donors (Lipinski definition) is 2. The number of nitrogens with one attached hydrogen (secondary N) is 2. The van der Waals surface area contributed by atoms with Gasteiger partial charge in [-0.1, -0.05) is 0 Å². The summed E-state index contributed by atoms with van der Waals surface area (Å²) >= 11 is 1.81. The van der Waals surface area contributed by atoms with Crippen molar-refractivity contribution in [1.82, 2.24) is 20.4 Å². The largest absolute Gasteiger partial charge is 0.497 e. The number of aliphatic imine (C=N–C) groups is 1. The number of ether oxygens (including phenoxy) is 1. The Morgan fingerprint density at radius 3 is 2.64 bits per heavy atom. The average molecular weight is 475 g/mol. The maximum Gasteiger partial charge on any atom is 0.191 e. The van der Waals surface area contributed by atoms with Crippen LogP contribution in [0.15, 0.2) is 41.5 Å². The predicted molar refractivity (Wildman–Crippen MR) is 117 cm³/mol. The summed E-state index contributed by atoms with van der Waals surface area (Å²) in [7, 11) is 1.66. The van der Waals surface area contributed by atoms with Gasteiger partial charge in [0.25, 0.3) is 0 Å². The Morgan fingerprint density at radius 2 is 2.00 bits per heavy atom. The van der Waals surface area contributed by atoms with Crippen molar-refractivity contribution >= 4 is 41.7 Å². The molecule has 2 aromatic rings. The van der Waals surface area contributed by atoms with Gasteiger partial charge in [-0.2, -0.15) is 16.9 Å². The van der Waals surface area contributed by atoms with Crippen molar-refractivity contribution in [3.05, 3.63) is 42.2 Å². The van der Waals surface area contributed by atoms with Crippen LogP contribution in [0, 0.1) is 0 Å². The summed E-state index contributed by atoms with van der Waals surface area (Å²) in [4.78, 5) is 4.58. The number of methoxy groups -OCH3 is 1. The molecule has 8 heteroatoms. The molecule has 0 saturated carbocycles. The number of rotatable bonds is 8. The van der Waals surface area contributed by atoms with Gasteiger partial charge in [-0.25, -0.2) is 9.67 Å². The molecule has 0 saturated heterocycles. The highest BCUT2D eigenvalue weighted by Gasteiger charge is 2.02. The lowest BCUT2D eigenvalue weighted by atomic mass is 10.3. The molecular weight excluding hydrogens is 449 g/mol. The molecule has 0 aliphatic carbocycles. The molecule has 0 aliphatic rings. The zero-order valence-electron chi connectivity index (χ0n) is 14.9. The Hall–Kier alpha value is -1.42. The van der Waals surface area contributed by atoms with E-state index in [1.165, 1.54) is 0 Å². The van der Waals surface area contributed by atoms with E-state index in [-0.39, 0.29) is 24.0 Å². The molecule has 0 unspecified atom stereocenters. The molecule has 0 radical (unpaired) electrons. The van der Waals surface area contributed by atoms with Crippen LogP contribution >= 0.6 is 35.7 Å². The van der Waals surface area contributed by atoms with Crippen LogP contribution in [-0.4, -0.2) is 47.9 Å². The highest BCUT2D eigenvalue weighted by Crippen LogP contribution is 2.14. The van der Waals surface area contributed by atoms with Crippen LogP contribution in [0.2, 0.25) is 0 Å². The van der Waals surface area contributed by atoms with Crippen molar-refractivity contribution in [2.45, 2.75) is 13.5 Å². The van der Waals surface area contributed by atoms with E-state index in [1.54, 1.807) is 7.11 Å². The van der Waals surface area contributed by atoms with Crippen LogP contribution in [0.5, 0.6) is 5.75 Å². The van der Waals surface area contributed by atoms with Crippen LogP contribution in [0.25, 0.3) is 5.69 Å². The predicted octanol–water partition coefficient (Wildman–Crippen LogP) is 2.92. The van der Waals surface area contributed by atoms with E-state index in [0.29, 0.717) is 6.54 Å². The number of hydrogen-bond acceptors (Lipinski definition) is 4. The third-order valence-electron chi connectivity index (χ3n) is 3.32. The number of guanidine groups is 1. The molecule has 0 spiro atoms. The van der Waals surface area contributed by atoms with Gasteiger partial charge < -0.3 is 15.4 Å². The van der Waals surface area contributed by atoms with Crippen LogP contribution in [-0.2, 0) is 6.54 Å². The molecular formula is C17H26IN5OS. The van der Waals surface area contributed by atoms with E-state index in [4.69, 9.17) is 4.74 Å². The minimum atomic E-state index is 0. The fourth-order valence-corrected chi connectivity index (χ4v) is 2.40. The monoisotopic (exact) mass is 475 g/mol. The first-order valence-electron chi connectivity index (χ1n) is 7.97. The van der Waals surface area contributed by atoms with Crippen molar-refractivity contribution in [2.24, 2.45) is 4.99 Å². The Morgan fingerprint density at radius 1 is 1.24 bits per heavy atom. The van der Waals surface area contributed by atoms with Gasteiger partial charge in [0.1, 0.15) is 5.75 Å². The van der Waals surface area contributed by atoms with Gasteiger partial charge in [0.15, 0.2) is 5.96 Å². The highest BCUT2D eigenvalue weighted by atomic mass is 127. The second-order valence-electron chi connectivity index (χ2n) is 5.06. The molecule has 25 heavy (non-hydrogen) atoms. The zero-order chi connectivity index (χ0) is 17.2. The van der Waals surface area contributed by atoms with Crippen molar-refractivity contribution in [3.8, 4) is 11.4 Å². The van der Waals surface area contributed by atoms with Gasteiger partial charge >= 0.3 is 0 Å². The first-order chi connectivity index (χ1) is 11.8. The lowest BCUT2D eigenvalue weighted by Crippen LogP contribution is -2.38. The van der Waals surface area contributed by atoms with Crippen LogP contribution in [0.3, 0.4) is 0 Å². The Kier molecular flexibility index (Phi) is 10.4. The molecule has 0 fully saturated rings. The van der Waals surface area contributed by atoms with Crippen molar-refractivity contribution in [1.29, 1.82) is 0 Å². The van der Waals surface area contributed by atoms with Crippen LogP contribution in [0.1, 0.15) is 12.6 Å². The number of aromatic nitrogens is 2. The summed E-state index contributed by atoms with van der Waals surface area (Å²) in [6.07, 6.45) is 4.04. The van der Waals surface area contributed by atoms with Crippen LogP contribution < -0.4 is 15.4 Å². The van der Waals surface area contributed by atoms with E-state index in [1.807, 2.05) is 53.0 Å². The third kappa shape index (κ3) is 7.15. The average Bonchev–Trinajstić information content (AvgIpc) is 3.09. The standard InChI is InChI=1S/C17H25N5OS.HI/c1-4-18-17(19-10-12-24-3)20-13-14-9-11-22(21-14)15-5-7-16(23-2)8-6-15;/h5-9,11H,4,10,12-13H2,1-3H3,(H2,18,19,20);1H. The number of benzene rings is 1. The van der Waals surface area contributed by atoms with Gasteiger partial charge in [0, 0.05) is 25.0 Å². The first-order valence-corrected chi connectivity index (χ1v) is 9.36.